The predicted molar refractivity (Wildman–Crippen MR) is 143 cm³/mol. The molecule has 4 nitrogen and oxygen atoms in total. The number of carbonyl (C=O) groups is 2. The predicted octanol–water partition coefficient (Wildman–Crippen LogP) is 7.33. The lowest BCUT2D eigenvalue weighted by Crippen LogP contribution is -2.26. The molecule has 0 heterocycles. The molecule has 0 saturated carbocycles. The smallest absolute Gasteiger partial charge is 0.305 e. The van der Waals surface area contributed by atoms with E-state index in [0.717, 1.165) is 17.5 Å². The summed E-state index contributed by atoms with van der Waals surface area (Å²) in [5.74, 6) is -1.76. The second-order valence-electron chi connectivity index (χ2n) is 10.3. The summed E-state index contributed by atoms with van der Waals surface area (Å²) in [5, 5.41) is 11.3. The summed E-state index contributed by atoms with van der Waals surface area (Å²) in [7, 11) is 0. The number of carboxylic acid groups (broad SMARTS) is 1. The fourth-order valence-corrected chi connectivity index (χ4v) is 4.54. The highest BCUT2D eigenvalue weighted by atomic mass is 19.1. The Morgan fingerprint density at radius 1 is 0.865 bits per heavy atom. The molecule has 0 aliphatic rings. The average molecular weight is 508 g/mol. The fourth-order valence-electron chi connectivity index (χ4n) is 4.54. The molecule has 3 rings (SSSR count). The Labute approximate surface area is 217 Å². The molecule has 1 amide bonds. The van der Waals surface area contributed by atoms with Crippen LogP contribution in [0.5, 0.6) is 0 Å². The quantitative estimate of drug-likeness (QED) is 0.285. The minimum Gasteiger partial charge on any atom is -0.481 e. The molecule has 0 aliphatic heterocycles. The molecule has 0 fully saturated rings. The van der Waals surface area contributed by atoms with Crippen LogP contribution in [0.2, 0.25) is 0 Å². The third kappa shape index (κ3) is 7.72. The van der Waals surface area contributed by atoms with E-state index < -0.39 is 17.6 Å². The van der Waals surface area contributed by atoms with Crippen LogP contribution in [0.1, 0.15) is 79.4 Å². The third-order valence-electron chi connectivity index (χ3n) is 6.47. The second-order valence-corrected chi connectivity index (χ2v) is 10.3. The number of benzene rings is 3. The van der Waals surface area contributed by atoms with Crippen LogP contribution in [-0.2, 0) is 11.2 Å². The van der Waals surface area contributed by atoms with Gasteiger partial charge in [-0.05, 0) is 77.1 Å². The lowest BCUT2D eigenvalue weighted by Gasteiger charge is -2.21. The molecule has 0 aromatic heterocycles. The van der Waals surface area contributed by atoms with Crippen molar-refractivity contribution in [1.29, 1.82) is 0 Å². The van der Waals surface area contributed by atoms with Gasteiger partial charge >= 0.3 is 5.97 Å². The van der Waals surface area contributed by atoms with Gasteiger partial charge in [0.15, 0.2) is 0 Å². The highest BCUT2D eigenvalue weighted by molar-refractivity contribution is 5.94. The first kappa shape index (κ1) is 28.0. The minimum absolute atomic E-state index is 0.0131. The van der Waals surface area contributed by atoms with Gasteiger partial charge in [0.05, 0.1) is 12.0 Å². The maximum atomic E-state index is 15.1. The van der Waals surface area contributed by atoms with E-state index in [1.54, 1.807) is 24.3 Å². The van der Waals surface area contributed by atoms with E-state index in [1.807, 2.05) is 24.3 Å². The average Bonchev–Trinajstić information content (AvgIpc) is 2.83. The Morgan fingerprint density at radius 2 is 1.43 bits per heavy atom. The summed E-state index contributed by atoms with van der Waals surface area (Å²) in [6.45, 7) is 8.40. The largest absolute Gasteiger partial charge is 0.481 e. The van der Waals surface area contributed by atoms with Crippen LogP contribution in [0, 0.1) is 17.6 Å². The van der Waals surface area contributed by atoms with E-state index in [-0.39, 0.29) is 30.4 Å². The first-order chi connectivity index (χ1) is 17.5. The summed E-state index contributed by atoms with van der Waals surface area (Å²) in [6.07, 6.45) is 1.13. The number of nitrogens with one attached hydrogen (secondary N) is 1. The number of hydrogen-bond donors (Lipinski definition) is 2. The fraction of sp³-hybridized carbons (Fsp3) is 0.355. The molecule has 1 unspecified atom stereocenters. The van der Waals surface area contributed by atoms with Crippen LogP contribution in [-0.4, -0.2) is 23.5 Å². The Bertz CT molecular complexity index is 1200. The van der Waals surface area contributed by atoms with Crippen LogP contribution in [0.25, 0.3) is 11.1 Å². The standard InChI is InChI=1S/C31H35F2NO3/c1-19(2)15-26(23-7-11-25(12-8-23)31(37)34-14-13-29(35)36)16-21-17-27(32)30(28(33)18-21)24-9-5-22(6-10-24)20(3)4/h5-12,17-20,26H,13-16H2,1-4H3,(H,34,37)(H,35,36). The molecule has 1 atom stereocenters. The Morgan fingerprint density at radius 3 is 1.95 bits per heavy atom. The number of aliphatic carboxylic acids is 1. The highest BCUT2D eigenvalue weighted by Gasteiger charge is 2.19. The van der Waals surface area contributed by atoms with Crippen molar-refractivity contribution < 1.29 is 23.5 Å². The van der Waals surface area contributed by atoms with Gasteiger partial charge in [-0.1, -0.05) is 64.1 Å². The van der Waals surface area contributed by atoms with Gasteiger partial charge in [-0.15, -0.1) is 0 Å². The van der Waals surface area contributed by atoms with Crippen LogP contribution in [0.4, 0.5) is 8.78 Å². The number of amides is 1. The topological polar surface area (TPSA) is 66.4 Å². The van der Waals surface area contributed by atoms with Crippen molar-refractivity contribution in [2.24, 2.45) is 5.92 Å². The van der Waals surface area contributed by atoms with Crippen LogP contribution in [0.3, 0.4) is 0 Å². The molecule has 0 bridgehead atoms. The molecule has 0 spiro atoms. The number of hydrogen-bond acceptors (Lipinski definition) is 2. The first-order valence-corrected chi connectivity index (χ1v) is 12.7. The molecule has 2 N–H and O–H groups in total. The Balaban J connectivity index is 1.80. The van der Waals surface area contributed by atoms with E-state index >= 15 is 8.78 Å². The highest BCUT2D eigenvalue weighted by Crippen LogP contribution is 2.32. The molecule has 0 saturated heterocycles. The van der Waals surface area contributed by atoms with Crippen LogP contribution < -0.4 is 5.32 Å². The van der Waals surface area contributed by atoms with E-state index in [1.165, 1.54) is 12.1 Å². The van der Waals surface area contributed by atoms with Crippen molar-refractivity contribution in [1.82, 2.24) is 5.32 Å². The lowest BCUT2D eigenvalue weighted by molar-refractivity contribution is -0.136. The number of carbonyl (C=O) groups excluding carboxylic acids is 1. The van der Waals surface area contributed by atoms with Crippen LogP contribution in [0.15, 0.2) is 60.7 Å². The number of carboxylic acids is 1. The van der Waals surface area contributed by atoms with Crippen molar-refractivity contribution in [3.8, 4) is 11.1 Å². The molecule has 37 heavy (non-hydrogen) atoms. The Kier molecular flexibility index (Phi) is 9.56. The Hall–Kier alpha value is -3.54. The van der Waals surface area contributed by atoms with E-state index in [2.05, 4.69) is 33.0 Å². The monoisotopic (exact) mass is 507 g/mol. The van der Waals surface area contributed by atoms with Gasteiger partial charge in [0.2, 0.25) is 0 Å². The molecule has 6 heteroatoms. The van der Waals surface area contributed by atoms with Crippen LogP contribution >= 0.6 is 0 Å². The van der Waals surface area contributed by atoms with Gasteiger partial charge in [0.25, 0.3) is 5.91 Å². The molecule has 196 valence electrons. The van der Waals surface area contributed by atoms with Gasteiger partial charge < -0.3 is 10.4 Å². The van der Waals surface area contributed by atoms with Gasteiger partial charge in [-0.2, -0.15) is 0 Å². The molecule has 3 aromatic carbocycles. The van der Waals surface area contributed by atoms with E-state index in [9.17, 15) is 9.59 Å². The van der Waals surface area contributed by atoms with Gasteiger partial charge in [-0.3, -0.25) is 9.59 Å². The first-order valence-electron chi connectivity index (χ1n) is 12.7. The SMILES string of the molecule is CC(C)CC(Cc1cc(F)c(-c2ccc(C(C)C)cc2)c(F)c1)c1ccc(C(=O)NCCC(=O)O)cc1. The third-order valence-corrected chi connectivity index (χ3v) is 6.47. The normalized spacial score (nSPS) is 12.1. The lowest BCUT2D eigenvalue weighted by atomic mass is 9.84. The molecule has 0 radical (unpaired) electrons. The summed E-state index contributed by atoms with van der Waals surface area (Å²) >= 11 is 0. The van der Waals surface area contributed by atoms with Gasteiger partial charge in [0, 0.05) is 12.1 Å². The van der Waals surface area contributed by atoms with Crippen molar-refractivity contribution in [3.05, 3.63) is 94.6 Å². The van der Waals surface area contributed by atoms with Crippen molar-refractivity contribution in [2.45, 2.75) is 58.8 Å². The molecule has 3 aromatic rings. The van der Waals surface area contributed by atoms with E-state index in [4.69, 9.17) is 5.11 Å². The number of halogens is 2. The zero-order valence-corrected chi connectivity index (χ0v) is 21.9. The molecular weight excluding hydrogens is 472 g/mol. The summed E-state index contributed by atoms with van der Waals surface area (Å²) in [6, 6.07) is 17.3. The zero-order valence-electron chi connectivity index (χ0n) is 21.9. The second kappa shape index (κ2) is 12.6. The molecular formula is C31H35F2NO3. The maximum Gasteiger partial charge on any atom is 0.305 e. The maximum absolute atomic E-state index is 15.1. The zero-order chi connectivity index (χ0) is 27.1. The van der Waals surface area contributed by atoms with Crippen molar-refractivity contribution in [2.75, 3.05) is 6.54 Å². The van der Waals surface area contributed by atoms with Gasteiger partial charge in [-0.25, -0.2) is 8.78 Å². The number of rotatable bonds is 11. The van der Waals surface area contributed by atoms with Crippen molar-refractivity contribution in [3.63, 3.8) is 0 Å². The van der Waals surface area contributed by atoms with E-state index in [0.29, 0.717) is 34.9 Å². The summed E-state index contributed by atoms with van der Waals surface area (Å²) in [4.78, 5) is 22.9. The minimum atomic E-state index is -0.975. The summed E-state index contributed by atoms with van der Waals surface area (Å²) in [5.41, 5.74) is 3.60. The molecule has 0 aliphatic carbocycles. The van der Waals surface area contributed by atoms with Crippen molar-refractivity contribution >= 4 is 11.9 Å². The summed E-state index contributed by atoms with van der Waals surface area (Å²) < 4.78 is 30.3. The van der Waals surface area contributed by atoms with Gasteiger partial charge in [0.1, 0.15) is 11.6 Å².